The van der Waals surface area contributed by atoms with Crippen LogP contribution in [-0.2, 0) is 6.54 Å². The van der Waals surface area contributed by atoms with Gasteiger partial charge in [-0.2, -0.15) is 14.6 Å². The van der Waals surface area contributed by atoms with Crippen LogP contribution in [0, 0.1) is 13.8 Å². The Labute approximate surface area is 126 Å². The average molecular weight is 293 g/mol. The standard InChI is InChI=1S/C15H15N7/c1-10-6-14(22-15(19-10)17-9-18-22)16-7-12-8-21-11(2)4-3-5-13(21)20-12/h3-6,8-9,16H,7H2,1-2H3. The summed E-state index contributed by atoms with van der Waals surface area (Å²) < 4.78 is 3.77. The number of aryl methyl sites for hydroxylation is 2. The van der Waals surface area contributed by atoms with Crippen molar-refractivity contribution in [3.05, 3.63) is 53.9 Å². The van der Waals surface area contributed by atoms with Gasteiger partial charge in [0.25, 0.3) is 5.78 Å². The first-order valence-electron chi connectivity index (χ1n) is 7.05. The molecule has 110 valence electrons. The fourth-order valence-electron chi connectivity index (χ4n) is 2.52. The van der Waals surface area contributed by atoms with E-state index in [0.717, 1.165) is 28.5 Å². The molecular weight excluding hydrogens is 278 g/mol. The van der Waals surface area contributed by atoms with Gasteiger partial charge >= 0.3 is 0 Å². The van der Waals surface area contributed by atoms with Crippen LogP contribution in [0.25, 0.3) is 11.4 Å². The van der Waals surface area contributed by atoms with Gasteiger partial charge in [-0.3, -0.25) is 0 Å². The molecule has 0 aliphatic carbocycles. The third-order valence-electron chi connectivity index (χ3n) is 3.58. The molecule has 0 amide bonds. The summed E-state index contributed by atoms with van der Waals surface area (Å²) in [5, 5.41) is 7.54. The van der Waals surface area contributed by atoms with Crippen LogP contribution in [0.15, 0.2) is 36.8 Å². The second-order valence-electron chi connectivity index (χ2n) is 5.24. The van der Waals surface area contributed by atoms with Crippen molar-refractivity contribution in [2.24, 2.45) is 0 Å². The largest absolute Gasteiger partial charge is 0.364 e. The summed E-state index contributed by atoms with van der Waals surface area (Å²) in [6, 6.07) is 8.03. The van der Waals surface area contributed by atoms with Crippen LogP contribution in [0.1, 0.15) is 17.1 Å². The molecule has 4 aromatic rings. The fraction of sp³-hybridized carbons (Fsp3) is 0.200. The lowest BCUT2D eigenvalue weighted by Crippen LogP contribution is -2.07. The first-order chi connectivity index (χ1) is 10.7. The molecule has 4 heterocycles. The number of nitrogens with zero attached hydrogens (tertiary/aromatic N) is 6. The minimum atomic E-state index is 0.591. The van der Waals surface area contributed by atoms with E-state index in [4.69, 9.17) is 0 Å². The molecule has 22 heavy (non-hydrogen) atoms. The van der Waals surface area contributed by atoms with E-state index in [0.29, 0.717) is 12.3 Å². The van der Waals surface area contributed by atoms with E-state index in [9.17, 15) is 0 Å². The third kappa shape index (κ3) is 2.07. The predicted octanol–water partition coefficient (Wildman–Crippen LogP) is 2.00. The lowest BCUT2D eigenvalue weighted by atomic mass is 10.4. The number of nitrogens with one attached hydrogen (secondary N) is 1. The first-order valence-corrected chi connectivity index (χ1v) is 7.05. The van der Waals surface area contributed by atoms with Crippen LogP contribution in [-0.4, -0.2) is 29.0 Å². The van der Waals surface area contributed by atoms with E-state index >= 15 is 0 Å². The zero-order chi connectivity index (χ0) is 15.1. The smallest absolute Gasteiger partial charge is 0.254 e. The van der Waals surface area contributed by atoms with E-state index < -0.39 is 0 Å². The molecule has 0 aromatic carbocycles. The number of anilines is 1. The van der Waals surface area contributed by atoms with Crippen LogP contribution >= 0.6 is 0 Å². The van der Waals surface area contributed by atoms with Crippen LogP contribution in [0.5, 0.6) is 0 Å². The van der Waals surface area contributed by atoms with E-state index in [1.54, 1.807) is 4.52 Å². The molecule has 4 rings (SSSR count). The molecule has 0 aliphatic rings. The van der Waals surface area contributed by atoms with Gasteiger partial charge in [0, 0.05) is 23.7 Å². The van der Waals surface area contributed by atoms with E-state index in [1.165, 1.54) is 6.33 Å². The van der Waals surface area contributed by atoms with Crippen molar-refractivity contribution in [2.45, 2.75) is 20.4 Å². The van der Waals surface area contributed by atoms with Gasteiger partial charge in [-0.1, -0.05) is 6.07 Å². The second-order valence-corrected chi connectivity index (χ2v) is 5.24. The number of hydrogen-bond donors (Lipinski definition) is 1. The van der Waals surface area contributed by atoms with Gasteiger partial charge in [0.1, 0.15) is 17.8 Å². The zero-order valence-electron chi connectivity index (χ0n) is 12.4. The molecule has 0 saturated carbocycles. The minimum Gasteiger partial charge on any atom is -0.364 e. The maximum atomic E-state index is 4.62. The number of rotatable bonds is 3. The van der Waals surface area contributed by atoms with Crippen molar-refractivity contribution >= 4 is 17.2 Å². The molecule has 0 unspecified atom stereocenters. The summed E-state index contributed by atoms with van der Waals surface area (Å²) in [7, 11) is 0. The Morgan fingerprint density at radius 3 is 2.95 bits per heavy atom. The van der Waals surface area contributed by atoms with Crippen molar-refractivity contribution in [2.75, 3.05) is 5.32 Å². The Balaban J connectivity index is 1.65. The number of imidazole rings is 1. The lowest BCUT2D eigenvalue weighted by molar-refractivity contribution is 0.911. The van der Waals surface area contributed by atoms with Gasteiger partial charge in [0.2, 0.25) is 0 Å². The Morgan fingerprint density at radius 1 is 1.18 bits per heavy atom. The Morgan fingerprint density at radius 2 is 2.09 bits per heavy atom. The van der Waals surface area contributed by atoms with Crippen molar-refractivity contribution in [1.82, 2.24) is 29.0 Å². The van der Waals surface area contributed by atoms with Crippen molar-refractivity contribution < 1.29 is 0 Å². The summed E-state index contributed by atoms with van der Waals surface area (Å²) in [6.45, 7) is 4.62. The Hall–Kier alpha value is -2.96. The van der Waals surface area contributed by atoms with Gasteiger partial charge in [-0.15, -0.1) is 0 Å². The highest BCUT2D eigenvalue weighted by Crippen LogP contribution is 2.13. The normalized spacial score (nSPS) is 11.4. The van der Waals surface area contributed by atoms with Gasteiger partial charge < -0.3 is 9.72 Å². The third-order valence-corrected chi connectivity index (χ3v) is 3.58. The van der Waals surface area contributed by atoms with Gasteiger partial charge in [-0.25, -0.2) is 9.97 Å². The van der Waals surface area contributed by atoms with Gasteiger partial charge in [0.15, 0.2) is 0 Å². The number of aromatic nitrogens is 6. The van der Waals surface area contributed by atoms with Crippen LogP contribution < -0.4 is 5.32 Å². The van der Waals surface area contributed by atoms with Crippen molar-refractivity contribution in [1.29, 1.82) is 0 Å². The number of pyridine rings is 1. The highest BCUT2D eigenvalue weighted by molar-refractivity contribution is 5.46. The Bertz CT molecular complexity index is 967. The molecule has 0 atom stereocenters. The summed E-state index contributed by atoms with van der Waals surface area (Å²) in [5.41, 5.74) is 3.98. The van der Waals surface area contributed by atoms with Crippen molar-refractivity contribution in [3.8, 4) is 0 Å². The maximum absolute atomic E-state index is 4.62. The van der Waals surface area contributed by atoms with Crippen LogP contribution in [0.2, 0.25) is 0 Å². The molecule has 0 saturated heterocycles. The predicted molar refractivity (Wildman–Crippen MR) is 82.8 cm³/mol. The average Bonchev–Trinajstić information content (AvgIpc) is 3.11. The summed E-state index contributed by atoms with van der Waals surface area (Å²) >= 11 is 0. The second kappa shape index (κ2) is 4.80. The first kappa shape index (κ1) is 12.8. The molecular formula is C15H15N7. The highest BCUT2D eigenvalue weighted by atomic mass is 15.3. The maximum Gasteiger partial charge on any atom is 0.254 e. The summed E-state index contributed by atoms with van der Waals surface area (Å²) in [4.78, 5) is 13.1. The van der Waals surface area contributed by atoms with Crippen LogP contribution in [0.4, 0.5) is 5.82 Å². The summed E-state index contributed by atoms with van der Waals surface area (Å²) in [6.07, 6.45) is 3.55. The lowest BCUT2D eigenvalue weighted by Gasteiger charge is -2.06. The fourth-order valence-corrected chi connectivity index (χ4v) is 2.52. The monoisotopic (exact) mass is 293 g/mol. The molecule has 0 radical (unpaired) electrons. The zero-order valence-corrected chi connectivity index (χ0v) is 12.4. The molecule has 0 bridgehead atoms. The molecule has 0 aliphatic heterocycles. The van der Waals surface area contributed by atoms with Gasteiger partial charge in [0.05, 0.1) is 12.2 Å². The molecule has 7 heteroatoms. The molecule has 0 fully saturated rings. The highest BCUT2D eigenvalue weighted by Gasteiger charge is 2.07. The Kier molecular flexibility index (Phi) is 2.78. The molecule has 0 spiro atoms. The van der Waals surface area contributed by atoms with E-state index in [1.807, 2.05) is 31.3 Å². The SMILES string of the molecule is Cc1cc(NCc2cn3c(C)cccc3n2)n2ncnc2n1. The van der Waals surface area contributed by atoms with Gasteiger partial charge in [-0.05, 0) is 26.0 Å². The summed E-state index contributed by atoms with van der Waals surface area (Å²) in [5.74, 6) is 1.45. The molecule has 4 aromatic heterocycles. The molecule has 1 N–H and O–H groups in total. The topological polar surface area (TPSA) is 72.4 Å². The molecule has 7 nitrogen and oxygen atoms in total. The quantitative estimate of drug-likeness (QED) is 0.625. The van der Waals surface area contributed by atoms with Crippen molar-refractivity contribution in [3.63, 3.8) is 0 Å². The van der Waals surface area contributed by atoms with Crippen LogP contribution in [0.3, 0.4) is 0 Å². The minimum absolute atomic E-state index is 0.591. The van der Waals surface area contributed by atoms with E-state index in [-0.39, 0.29) is 0 Å². The number of hydrogen-bond acceptors (Lipinski definition) is 5. The van der Waals surface area contributed by atoms with E-state index in [2.05, 4.69) is 42.8 Å². The number of fused-ring (bicyclic) bond motifs is 2.